The summed E-state index contributed by atoms with van der Waals surface area (Å²) < 4.78 is 5.22. The van der Waals surface area contributed by atoms with Crippen LogP contribution < -0.4 is 15.4 Å². The molecule has 3 N–H and O–H groups in total. The molecule has 2 amide bonds. The highest BCUT2D eigenvalue weighted by atomic mass is 32.2. The first kappa shape index (κ1) is 14.7. The lowest BCUT2D eigenvalue weighted by Gasteiger charge is -2.25. The molecule has 0 saturated carbocycles. The SMILES string of the molecule is O=C1COc2ccc(C(=O)NC3(C(=O)O)CCSC3)cc2N1. The first-order valence-electron chi connectivity index (χ1n) is 6.70. The molecule has 3 rings (SSSR count). The summed E-state index contributed by atoms with van der Waals surface area (Å²) in [5, 5.41) is 14.6. The molecule has 1 atom stereocenters. The largest absolute Gasteiger partial charge is 0.482 e. The lowest BCUT2D eigenvalue weighted by molar-refractivity contribution is -0.143. The van der Waals surface area contributed by atoms with Crippen LogP contribution in [0.1, 0.15) is 16.8 Å². The highest BCUT2D eigenvalue weighted by Gasteiger charge is 2.43. The number of aliphatic carboxylic acids is 1. The fourth-order valence-electron chi connectivity index (χ4n) is 2.40. The molecule has 0 aliphatic carbocycles. The van der Waals surface area contributed by atoms with Crippen molar-refractivity contribution in [1.29, 1.82) is 0 Å². The second-order valence-electron chi connectivity index (χ2n) is 5.19. The van der Waals surface area contributed by atoms with Gasteiger partial charge in [0.1, 0.15) is 11.3 Å². The Morgan fingerprint density at radius 1 is 1.41 bits per heavy atom. The van der Waals surface area contributed by atoms with Gasteiger partial charge in [0.25, 0.3) is 11.8 Å². The molecule has 8 heteroatoms. The molecular formula is C14H14N2O5S. The van der Waals surface area contributed by atoms with Gasteiger partial charge in [0, 0.05) is 11.3 Å². The van der Waals surface area contributed by atoms with Gasteiger partial charge in [-0.3, -0.25) is 9.59 Å². The number of carbonyl (C=O) groups is 3. The predicted octanol–water partition coefficient (Wildman–Crippen LogP) is 0.708. The number of fused-ring (bicyclic) bond motifs is 1. The summed E-state index contributed by atoms with van der Waals surface area (Å²) in [7, 11) is 0. The number of carbonyl (C=O) groups excluding carboxylic acids is 2. The molecular weight excluding hydrogens is 308 g/mol. The number of carboxylic acids is 1. The van der Waals surface area contributed by atoms with Crippen LogP contribution in [0.3, 0.4) is 0 Å². The Hall–Kier alpha value is -2.22. The number of amides is 2. The van der Waals surface area contributed by atoms with Crippen molar-refractivity contribution in [2.45, 2.75) is 12.0 Å². The molecule has 0 spiro atoms. The summed E-state index contributed by atoms with van der Waals surface area (Å²) in [6.07, 6.45) is 0.392. The van der Waals surface area contributed by atoms with E-state index in [1.807, 2.05) is 0 Å². The highest BCUT2D eigenvalue weighted by Crippen LogP contribution is 2.31. The van der Waals surface area contributed by atoms with E-state index in [2.05, 4.69) is 10.6 Å². The van der Waals surface area contributed by atoms with Gasteiger partial charge in [0.05, 0.1) is 5.69 Å². The third kappa shape index (κ3) is 2.61. The maximum Gasteiger partial charge on any atom is 0.330 e. The third-order valence-corrected chi connectivity index (χ3v) is 4.85. The number of rotatable bonds is 3. The Bertz CT molecular complexity index is 655. The Balaban J connectivity index is 1.82. The van der Waals surface area contributed by atoms with E-state index in [0.717, 1.165) is 0 Å². The van der Waals surface area contributed by atoms with Crippen LogP contribution in [0.25, 0.3) is 0 Å². The van der Waals surface area contributed by atoms with E-state index in [9.17, 15) is 19.5 Å². The van der Waals surface area contributed by atoms with Gasteiger partial charge in [-0.15, -0.1) is 0 Å². The number of carboxylic acid groups (broad SMARTS) is 1. The summed E-state index contributed by atoms with van der Waals surface area (Å²) in [5.74, 6) is -0.271. The number of hydrogen-bond donors (Lipinski definition) is 3. The van der Waals surface area contributed by atoms with Gasteiger partial charge in [-0.2, -0.15) is 11.8 Å². The van der Waals surface area contributed by atoms with E-state index < -0.39 is 17.4 Å². The summed E-state index contributed by atoms with van der Waals surface area (Å²) >= 11 is 1.50. The molecule has 1 unspecified atom stereocenters. The second kappa shape index (κ2) is 5.53. The van der Waals surface area contributed by atoms with Crippen LogP contribution in [0, 0.1) is 0 Å². The average Bonchev–Trinajstić information content (AvgIpc) is 2.96. The lowest BCUT2D eigenvalue weighted by atomic mass is 9.98. The molecule has 0 aromatic heterocycles. The first-order valence-corrected chi connectivity index (χ1v) is 7.86. The van der Waals surface area contributed by atoms with Gasteiger partial charge in [-0.1, -0.05) is 0 Å². The molecule has 1 fully saturated rings. The number of nitrogens with one attached hydrogen (secondary N) is 2. The molecule has 2 heterocycles. The maximum atomic E-state index is 12.3. The van der Waals surface area contributed by atoms with Crippen LogP contribution in [0.2, 0.25) is 0 Å². The lowest BCUT2D eigenvalue weighted by Crippen LogP contribution is -2.54. The van der Waals surface area contributed by atoms with Crippen molar-refractivity contribution >= 4 is 35.2 Å². The molecule has 1 aromatic rings. The van der Waals surface area contributed by atoms with Crippen molar-refractivity contribution < 1.29 is 24.2 Å². The quantitative estimate of drug-likeness (QED) is 0.757. The Morgan fingerprint density at radius 3 is 2.91 bits per heavy atom. The Labute approximate surface area is 130 Å². The van der Waals surface area contributed by atoms with Crippen molar-refractivity contribution in [3.8, 4) is 5.75 Å². The summed E-state index contributed by atoms with van der Waals surface area (Å²) in [4.78, 5) is 35.1. The fraction of sp³-hybridized carbons (Fsp3) is 0.357. The van der Waals surface area contributed by atoms with Crippen LogP contribution in [-0.2, 0) is 9.59 Å². The summed E-state index contributed by atoms with van der Waals surface area (Å²) in [6.45, 7) is -0.0576. The fourth-order valence-corrected chi connectivity index (χ4v) is 3.73. The van der Waals surface area contributed by atoms with E-state index in [-0.39, 0.29) is 18.1 Å². The van der Waals surface area contributed by atoms with Crippen LogP contribution in [0.5, 0.6) is 5.75 Å². The van der Waals surface area contributed by atoms with Crippen molar-refractivity contribution in [1.82, 2.24) is 5.32 Å². The molecule has 22 heavy (non-hydrogen) atoms. The molecule has 1 aromatic carbocycles. The Kier molecular flexibility index (Phi) is 3.69. The highest BCUT2D eigenvalue weighted by molar-refractivity contribution is 7.99. The number of benzene rings is 1. The topological polar surface area (TPSA) is 105 Å². The van der Waals surface area contributed by atoms with Gasteiger partial charge < -0.3 is 20.5 Å². The van der Waals surface area contributed by atoms with Gasteiger partial charge in [0.15, 0.2) is 6.61 Å². The van der Waals surface area contributed by atoms with Crippen LogP contribution in [0.15, 0.2) is 18.2 Å². The molecule has 0 bridgehead atoms. The second-order valence-corrected chi connectivity index (χ2v) is 6.30. The van der Waals surface area contributed by atoms with E-state index in [4.69, 9.17) is 4.74 Å². The smallest absolute Gasteiger partial charge is 0.330 e. The monoisotopic (exact) mass is 322 g/mol. The minimum Gasteiger partial charge on any atom is -0.482 e. The third-order valence-electron chi connectivity index (χ3n) is 3.66. The molecule has 0 radical (unpaired) electrons. The molecule has 116 valence electrons. The van der Waals surface area contributed by atoms with Crippen LogP contribution in [0.4, 0.5) is 5.69 Å². The first-order chi connectivity index (χ1) is 10.5. The van der Waals surface area contributed by atoms with E-state index in [1.54, 1.807) is 12.1 Å². The minimum atomic E-state index is -1.22. The summed E-state index contributed by atoms with van der Waals surface area (Å²) in [6, 6.07) is 4.61. The van der Waals surface area contributed by atoms with Gasteiger partial charge in [0.2, 0.25) is 0 Å². The molecule has 2 aliphatic rings. The maximum absolute atomic E-state index is 12.3. The van der Waals surface area contributed by atoms with E-state index >= 15 is 0 Å². The van der Waals surface area contributed by atoms with E-state index in [0.29, 0.717) is 29.4 Å². The number of ether oxygens (including phenoxy) is 1. The minimum absolute atomic E-state index is 0.0576. The number of hydrogen-bond acceptors (Lipinski definition) is 5. The molecule has 2 aliphatic heterocycles. The summed E-state index contributed by atoms with van der Waals surface area (Å²) in [5.41, 5.74) is -0.534. The average molecular weight is 322 g/mol. The zero-order valence-corrected chi connectivity index (χ0v) is 12.4. The van der Waals surface area contributed by atoms with Crippen LogP contribution in [-0.4, -0.2) is 46.5 Å². The van der Waals surface area contributed by atoms with Crippen molar-refractivity contribution in [3.63, 3.8) is 0 Å². The van der Waals surface area contributed by atoms with Gasteiger partial charge in [-0.25, -0.2) is 4.79 Å². The normalized spacial score (nSPS) is 23.2. The zero-order valence-electron chi connectivity index (χ0n) is 11.5. The van der Waals surface area contributed by atoms with Crippen LogP contribution >= 0.6 is 11.8 Å². The van der Waals surface area contributed by atoms with Crippen molar-refractivity contribution in [2.24, 2.45) is 0 Å². The zero-order chi connectivity index (χ0) is 15.7. The van der Waals surface area contributed by atoms with Crippen molar-refractivity contribution in [2.75, 3.05) is 23.4 Å². The van der Waals surface area contributed by atoms with E-state index in [1.165, 1.54) is 17.8 Å². The van der Waals surface area contributed by atoms with Gasteiger partial charge >= 0.3 is 5.97 Å². The Morgan fingerprint density at radius 2 is 2.23 bits per heavy atom. The molecule has 1 saturated heterocycles. The molecule has 7 nitrogen and oxygen atoms in total. The van der Waals surface area contributed by atoms with Crippen molar-refractivity contribution in [3.05, 3.63) is 23.8 Å². The van der Waals surface area contributed by atoms with Gasteiger partial charge in [-0.05, 0) is 30.4 Å². The standard InChI is InChI=1S/C14H14N2O5S/c17-11-6-21-10-2-1-8(5-9(10)15-11)12(18)16-14(13(19)20)3-4-22-7-14/h1-2,5H,3-4,6-7H2,(H,15,17)(H,16,18)(H,19,20). The number of thioether (sulfide) groups is 1. The number of anilines is 1. The predicted molar refractivity (Wildman–Crippen MR) is 80.3 cm³/mol.